The molecule has 1 aromatic carbocycles. The van der Waals surface area contributed by atoms with Crippen LogP contribution in [-0.4, -0.2) is 22.7 Å². The molecule has 2 aliphatic rings. The zero-order valence-corrected chi connectivity index (χ0v) is 11.5. The number of thioether (sulfide) groups is 1. The Labute approximate surface area is 119 Å². The lowest BCUT2D eigenvalue weighted by Crippen LogP contribution is -2.40. The molecule has 4 nitrogen and oxygen atoms in total. The van der Waals surface area contributed by atoms with Gasteiger partial charge in [-0.15, -0.1) is 11.8 Å². The van der Waals surface area contributed by atoms with Gasteiger partial charge in [-0.3, -0.25) is 9.59 Å². The Morgan fingerprint density at radius 1 is 1.40 bits per heavy atom. The van der Waals surface area contributed by atoms with Gasteiger partial charge in [-0.25, -0.2) is 4.39 Å². The van der Waals surface area contributed by atoms with E-state index in [4.69, 9.17) is 5.11 Å². The summed E-state index contributed by atoms with van der Waals surface area (Å²) in [7, 11) is 0. The molecular weight excluding hydrogens is 281 g/mol. The first-order chi connectivity index (χ1) is 9.53. The Bertz CT molecular complexity index is 586. The van der Waals surface area contributed by atoms with Crippen molar-refractivity contribution < 1.29 is 19.1 Å². The second-order valence-corrected chi connectivity index (χ2v) is 6.37. The predicted molar refractivity (Wildman–Crippen MR) is 71.9 cm³/mol. The molecule has 1 amide bonds. The third kappa shape index (κ3) is 2.18. The highest BCUT2D eigenvalue weighted by molar-refractivity contribution is 7.99. The average molecular weight is 295 g/mol. The molecule has 1 aliphatic carbocycles. The highest BCUT2D eigenvalue weighted by atomic mass is 32.2. The molecule has 1 fully saturated rings. The highest BCUT2D eigenvalue weighted by Crippen LogP contribution is 2.47. The van der Waals surface area contributed by atoms with Crippen LogP contribution < -0.4 is 5.32 Å². The third-order valence-corrected chi connectivity index (χ3v) is 5.03. The fourth-order valence-electron chi connectivity index (χ4n) is 2.47. The second-order valence-electron chi connectivity index (χ2n) is 5.23. The number of hydrogen-bond donors (Lipinski definition) is 2. The van der Waals surface area contributed by atoms with Gasteiger partial charge in [0.15, 0.2) is 0 Å². The van der Waals surface area contributed by atoms with Gasteiger partial charge in [0.05, 0.1) is 6.04 Å². The van der Waals surface area contributed by atoms with Crippen molar-refractivity contribution in [1.82, 2.24) is 5.32 Å². The van der Waals surface area contributed by atoms with Crippen LogP contribution in [-0.2, 0) is 9.59 Å². The standard InChI is InChI=1S/C14H14FNO3S/c15-8-1-2-11-9(7-8)10(3-6-20-11)16-12(17)14(4-5-14)13(18)19/h1-2,7,10H,3-6H2,(H,16,17)(H,18,19)/t10-/m0/s1. The summed E-state index contributed by atoms with van der Waals surface area (Å²) in [6.07, 6.45) is 1.44. The van der Waals surface area contributed by atoms with Crippen LogP contribution in [0.1, 0.15) is 30.9 Å². The van der Waals surface area contributed by atoms with Crippen LogP contribution >= 0.6 is 11.8 Å². The Balaban J connectivity index is 1.82. The van der Waals surface area contributed by atoms with Crippen LogP contribution in [0, 0.1) is 11.2 Å². The van der Waals surface area contributed by atoms with Crippen LogP contribution in [0.4, 0.5) is 4.39 Å². The van der Waals surface area contributed by atoms with Crippen LogP contribution in [0.2, 0.25) is 0 Å². The number of carbonyl (C=O) groups excluding carboxylic acids is 1. The Kier molecular flexibility index (Phi) is 3.20. The van der Waals surface area contributed by atoms with Gasteiger partial charge < -0.3 is 10.4 Å². The van der Waals surface area contributed by atoms with Gasteiger partial charge in [-0.2, -0.15) is 0 Å². The topological polar surface area (TPSA) is 66.4 Å². The number of halogens is 1. The van der Waals surface area contributed by atoms with Gasteiger partial charge in [0.25, 0.3) is 0 Å². The number of carboxylic acid groups (broad SMARTS) is 1. The summed E-state index contributed by atoms with van der Waals surface area (Å²) in [4.78, 5) is 24.2. The molecule has 3 rings (SSSR count). The molecule has 0 unspecified atom stereocenters. The van der Waals surface area contributed by atoms with E-state index < -0.39 is 17.3 Å². The molecule has 0 bridgehead atoms. The number of hydrogen-bond acceptors (Lipinski definition) is 3. The molecule has 1 aliphatic heterocycles. The minimum atomic E-state index is -1.25. The first kappa shape index (κ1) is 13.4. The summed E-state index contributed by atoms with van der Waals surface area (Å²) in [6, 6.07) is 4.23. The largest absolute Gasteiger partial charge is 0.480 e. The maximum Gasteiger partial charge on any atom is 0.319 e. The number of nitrogens with one attached hydrogen (secondary N) is 1. The van der Waals surface area contributed by atoms with Gasteiger partial charge in [0.2, 0.25) is 5.91 Å². The fraction of sp³-hybridized carbons (Fsp3) is 0.429. The van der Waals surface area contributed by atoms with E-state index in [-0.39, 0.29) is 11.9 Å². The molecule has 0 saturated heterocycles. The molecule has 0 spiro atoms. The van der Waals surface area contributed by atoms with E-state index >= 15 is 0 Å². The second kappa shape index (κ2) is 4.77. The maximum absolute atomic E-state index is 13.4. The summed E-state index contributed by atoms with van der Waals surface area (Å²) < 4.78 is 13.4. The molecule has 1 heterocycles. The van der Waals surface area contributed by atoms with Crippen molar-refractivity contribution in [2.75, 3.05) is 5.75 Å². The SMILES string of the molecule is O=C(O)C1(C(=O)N[C@H]2CCSc3ccc(F)cc32)CC1. The summed E-state index contributed by atoms with van der Waals surface area (Å²) >= 11 is 1.62. The fourth-order valence-corrected chi connectivity index (χ4v) is 3.58. The van der Waals surface area contributed by atoms with Crippen molar-refractivity contribution in [3.05, 3.63) is 29.6 Å². The lowest BCUT2D eigenvalue weighted by atomic mass is 10.0. The summed E-state index contributed by atoms with van der Waals surface area (Å²) in [5.41, 5.74) is -0.506. The average Bonchev–Trinajstić information content (AvgIpc) is 3.21. The van der Waals surface area contributed by atoms with Crippen molar-refractivity contribution >= 4 is 23.6 Å². The number of fused-ring (bicyclic) bond motifs is 1. The van der Waals surface area contributed by atoms with Crippen LogP contribution in [0.25, 0.3) is 0 Å². The predicted octanol–water partition coefficient (Wildman–Crippen LogP) is 2.34. The quantitative estimate of drug-likeness (QED) is 0.840. The van der Waals surface area contributed by atoms with Crippen LogP contribution in [0.15, 0.2) is 23.1 Å². The van der Waals surface area contributed by atoms with E-state index in [0.717, 1.165) is 16.2 Å². The van der Waals surface area contributed by atoms with E-state index in [9.17, 15) is 14.0 Å². The molecule has 106 valence electrons. The summed E-state index contributed by atoms with van der Waals surface area (Å²) in [5, 5.41) is 11.9. The van der Waals surface area contributed by atoms with Gasteiger partial charge in [-0.05, 0) is 43.0 Å². The Morgan fingerprint density at radius 3 is 2.80 bits per heavy atom. The molecule has 1 aromatic rings. The van der Waals surface area contributed by atoms with E-state index in [1.165, 1.54) is 12.1 Å². The summed E-state index contributed by atoms with van der Waals surface area (Å²) in [5.74, 6) is -1.04. The van der Waals surface area contributed by atoms with E-state index in [1.54, 1.807) is 17.8 Å². The zero-order chi connectivity index (χ0) is 14.3. The highest BCUT2D eigenvalue weighted by Gasteiger charge is 2.57. The monoisotopic (exact) mass is 295 g/mol. The molecule has 1 saturated carbocycles. The van der Waals surface area contributed by atoms with Gasteiger partial charge in [0, 0.05) is 10.6 Å². The van der Waals surface area contributed by atoms with E-state index in [1.807, 2.05) is 0 Å². The minimum Gasteiger partial charge on any atom is -0.480 e. The Morgan fingerprint density at radius 2 is 2.15 bits per heavy atom. The zero-order valence-electron chi connectivity index (χ0n) is 10.7. The lowest BCUT2D eigenvalue weighted by Gasteiger charge is -2.27. The number of amides is 1. The molecule has 6 heteroatoms. The number of aliphatic carboxylic acids is 1. The van der Waals surface area contributed by atoms with Gasteiger partial charge in [0.1, 0.15) is 11.2 Å². The van der Waals surface area contributed by atoms with Crippen molar-refractivity contribution in [2.24, 2.45) is 5.41 Å². The third-order valence-electron chi connectivity index (χ3n) is 3.91. The van der Waals surface area contributed by atoms with Crippen molar-refractivity contribution in [1.29, 1.82) is 0 Å². The van der Waals surface area contributed by atoms with Gasteiger partial charge >= 0.3 is 5.97 Å². The van der Waals surface area contributed by atoms with Crippen LogP contribution in [0.5, 0.6) is 0 Å². The Hall–Kier alpha value is -1.56. The van der Waals surface area contributed by atoms with Crippen LogP contribution in [0.3, 0.4) is 0 Å². The first-order valence-corrected chi connectivity index (χ1v) is 7.48. The minimum absolute atomic E-state index is 0.300. The maximum atomic E-state index is 13.4. The number of carboxylic acids is 1. The van der Waals surface area contributed by atoms with Crippen molar-refractivity contribution in [2.45, 2.75) is 30.2 Å². The number of carbonyl (C=O) groups is 2. The van der Waals surface area contributed by atoms with E-state index in [2.05, 4.69) is 5.32 Å². The smallest absolute Gasteiger partial charge is 0.319 e. The molecular formula is C14H14FNO3S. The molecule has 0 radical (unpaired) electrons. The van der Waals surface area contributed by atoms with E-state index in [0.29, 0.717) is 19.3 Å². The molecule has 2 N–H and O–H groups in total. The lowest BCUT2D eigenvalue weighted by molar-refractivity contribution is -0.149. The first-order valence-electron chi connectivity index (χ1n) is 6.49. The van der Waals surface area contributed by atoms with Crippen molar-refractivity contribution in [3.8, 4) is 0 Å². The number of rotatable bonds is 3. The molecule has 1 atom stereocenters. The molecule has 0 aromatic heterocycles. The van der Waals surface area contributed by atoms with Crippen molar-refractivity contribution in [3.63, 3.8) is 0 Å². The van der Waals surface area contributed by atoms with Gasteiger partial charge in [-0.1, -0.05) is 0 Å². The number of benzene rings is 1. The normalized spacial score (nSPS) is 22.8. The summed E-state index contributed by atoms with van der Waals surface area (Å²) in [6.45, 7) is 0. The molecule has 20 heavy (non-hydrogen) atoms.